The average molecular weight is 375 g/mol. The number of hydrogen-bond acceptors (Lipinski definition) is 7. The molecule has 1 unspecified atom stereocenters. The fourth-order valence-corrected chi connectivity index (χ4v) is 3.88. The second kappa shape index (κ2) is 8.24. The molecule has 1 aromatic rings. The van der Waals surface area contributed by atoms with Crippen LogP contribution in [0.15, 0.2) is 23.4 Å². The molecule has 0 bridgehead atoms. The van der Waals surface area contributed by atoms with Gasteiger partial charge in [-0.3, -0.25) is 20.2 Å². The van der Waals surface area contributed by atoms with E-state index in [1.807, 2.05) is 0 Å². The van der Waals surface area contributed by atoms with Crippen LogP contribution >= 0.6 is 0 Å². The van der Waals surface area contributed by atoms with E-state index in [1.54, 1.807) is 0 Å². The van der Waals surface area contributed by atoms with Crippen molar-refractivity contribution in [3.63, 3.8) is 0 Å². The number of non-ortho nitro benzene ring substituents is 1. The van der Waals surface area contributed by atoms with Crippen molar-refractivity contribution in [1.82, 2.24) is 0 Å². The third kappa shape index (κ3) is 4.29. The Balaban J connectivity index is 1.86. The van der Waals surface area contributed by atoms with Gasteiger partial charge in [0.15, 0.2) is 0 Å². The van der Waals surface area contributed by atoms with Gasteiger partial charge >= 0.3 is 5.97 Å². The maximum Gasteiger partial charge on any atom is 0.338 e. The van der Waals surface area contributed by atoms with Gasteiger partial charge in [0.05, 0.1) is 27.5 Å². The van der Waals surface area contributed by atoms with Crippen LogP contribution in [0.5, 0.6) is 0 Å². The fraction of sp³-hybridized carbons (Fsp3) is 0.556. The van der Waals surface area contributed by atoms with Gasteiger partial charge in [-0.05, 0) is 38.2 Å². The van der Waals surface area contributed by atoms with Gasteiger partial charge in [0.2, 0.25) is 0 Å². The second-order valence-corrected chi connectivity index (χ2v) is 7.03. The molecule has 0 amide bonds. The number of nitrogens with zero attached hydrogens (tertiary/aromatic N) is 3. The summed E-state index contributed by atoms with van der Waals surface area (Å²) >= 11 is 0. The lowest BCUT2D eigenvalue weighted by atomic mass is 9.81. The molecule has 1 atom stereocenters. The number of rotatable bonds is 5. The first-order valence-electron chi connectivity index (χ1n) is 9.17. The molecule has 3 rings (SSSR count). The molecule has 0 spiro atoms. The van der Waals surface area contributed by atoms with E-state index in [0.717, 1.165) is 44.6 Å². The molecular weight excluding hydrogens is 354 g/mol. The van der Waals surface area contributed by atoms with Crippen molar-refractivity contribution >= 4 is 23.1 Å². The van der Waals surface area contributed by atoms with Crippen LogP contribution in [0.4, 0.5) is 11.4 Å². The van der Waals surface area contributed by atoms with Crippen LogP contribution in [-0.4, -0.2) is 21.5 Å². The topological polar surface area (TPSA) is 125 Å². The van der Waals surface area contributed by atoms with Crippen molar-refractivity contribution in [3.05, 3.63) is 44.0 Å². The normalized spacial score (nSPS) is 21.9. The molecule has 2 aliphatic rings. The lowest BCUT2D eigenvalue weighted by Gasteiger charge is -2.23. The molecule has 0 aromatic heterocycles. The number of oxime groups is 1. The van der Waals surface area contributed by atoms with Crippen LogP contribution in [-0.2, 0) is 9.63 Å². The van der Waals surface area contributed by atoms with Crippen LogP contribution in [0.25, 0.3) is 0 Å². The molecular formula is C18H21N3O6. The minimum Gasteiger partial charge on any atom is -0.318 e. The van der Waals surface area contributed by atoms with E-state index in [0.29, 0.717) is 24.1 Å². The van der Waals surface area contributed by atoms with Gasteiger partial charge in [-0.1, -0.05) is 24.4 Å². The van der Waals surface area contributed by atoms with E-state index in [-0.39, 0.29) is 29.2 Å². The number of nitro benzene ring substituents is 2. The lowest BCUT2D eigenvalue weighted by molar-refractivity contribution is -0.394. The number of carbonyl (C=O) groups is 1. The summed E-state index contributed by atoms with van der Waals surface area (Å²) in [6, 6.07) is 3.66. The van der Waals surface area contributed by atoms with Crippen molar-refractivity contribution in [2.45, 2.75) is 57.3 Å². The molecule has 27 heavy (non-hydrogen) atoms. The van der Waals surface area contributed by atoms with Crippen LogP contribution in [0.3, 0.4) is 0 Å². The summed E-state index contributed by atoms with van der Waals surface area (Å²) in [5.41, 5.74) is 0.337. The molecule has 2 fully saturated rings. The number of nitro groups is 2. The molecule has 2 saturated carbocycles. The maximum absolute atomic E-state index is 12.1. The third-order valence-corrected chi connectivity index (χ3v) is 5.32. The molecule has 0 N–H and O–H groups in total. The zero-order chi connectivity index (χ0) is 19.4. The van der Waals surface area contributed by atoms with E-state index < -0.39 is 9.85 Å². The molecule has 2 aliphatic carbocycles. The third-order valence-electron chi connectivity index (χ3n) is 5.32. The lowest BCUT2D eigenvalue weighted by Crippen LogP contribution is -2.21. The SMILES string of the molecule is O=C(O/N=C1/CCCCC1c1ccc([N+](=O)[O-])cc1[N+](=O)[O-])C1CCCC1. The Morgan fingerprint density at radius 1 is 1.04 bits per heavy atom. The van der Waals surface area contributed by atoms with Gasteiger partial charge < -0.3 is 4.84 Å². The van der Waals surface area contributed by atoms with Gasteiger partial charge in [-0.25, -0.2) is 4.79 Å². The number of hydrogen-bond donors (Lipinski definition) is 0. The highest BCUT2D eigenvalue weighted by atomic mass is 16.7. The van der Waals surface area contributed by atoms with Gasteiger partial charge in [0.25, 0.3) is 11.4 Å². The summed E-state index contributed by atoms with van der Waals surface area (Å²) in [6.07, 6.45) is 6.55. The first-order chi connectivity index (χ1) is 13.0. The largest absolute Gasteiger partial charge is 0.338 e. The predicted octanol–water partition coefficient (Wildman–Crippen LogP) is 4.25. The van der Waals surface area contributed by atoms with Gasteiger partial charge in [0.1, 0.15) is 0 Å². The molecule has 0 heterocycles. The minimum atomic E-state index is -0.657. The van der Waals surface area contributed by atoms with E-state index in [1.165, 1.54) is 12.1 Å². The Hall–Kier alpha value is -2.84. The van der Waals surface area contributed by atoms with Crippen LogP contribution < -0.4 is 0 Å². The first kappa shape index (κ1) is 18.9. The predicted molar refractivity (Wildman–Crippen MR) is 96.4 cm³/mol. The van der Waals surface area contributed by atoms with E-state index in [9.17, 15) is 25.0 Å². The zero-order valence-electron chi connectivity index (χ0n) is 14.8. The molecule has 1 aromatic carbocycles. The van der Waals surface area contributed by atoms with Crippen molar-refractivity contribution < 1.29 is 19.5 Å². The summed E-state index contributed by atoms with van der Waals surface area (Å²) in [7, 11) is 0. The van der Waals surface area contributed by atoms with Crippen LogP contribution in [0, 0.1) is 26.1 Å². The molecule has 0 saturated heterocycles. The average Bonchev–Trinajstić information content (AvgIpc) is 3.20. The highest BCUT2D eigenvalue weighted by molar-refractivity contribution is 5.92. The Kier molecular flexibility index (Phi) is 5.78. The zero-order valence-corrected chi connectivity index (χ0v) is 14.8. The Morgan fingerprint density at radius 3 is 2.41 bits per heavy atom. The molecule has 144 valence electrons. The minimum absolute atomic E-state index is 0.120. The Morgan fingerprint density at radius 2 is 1.74 bits per heavy atom. The molecule has 9 nitrogen and oxygen atoms in total. The van der Waals surface area contributed by atoms with Crippen molar-refractivity contribution in [1.29, 1.82) is 0 Å². The second-order valence-electron chi connectivity index (χ2n) is 7.03. The summed E-state index contributed by atoms with van der Waals surface area (Å²) < 4.78 is 0. The summed E-state index contributed by atoms with van der Waals surface area (Å²) in [6.45, 7) is 0. The van der Waals surface area contributed by atoms with E-state index in [4.69, 9.17) is 4.84 Å². The van der Waals surface area contributed by atoms with Crippen LogP contribution in [0.1, 0.15) is 62.8 Å². The van der Waals surface area contributed by atoms with Crippen LogP contribution in [0.2, 0.25) is 0 Å². The van der Waals surface area contributed by atoms with E-state index >= 15 is 0 Å². The quantitative estimate of drug-likeness (QED) is 0.430. The fourth-order valence-electron chi connectivity index (χ4n) is 3.88. The van der Waals surface area contributed by atoms with E-state index in [2.05, 4.69) is 5.16 Å². The summed E-state index contributed by atoms with van der Waals surface area (Å²) in [4.78, 5) is 38.4. The summed E-state index contributed by atoms with van der Waals surface area (Å²) in [5.74, 6) is -0.844. The number of carbonyl (C=O) groups excluding carboxylic acids is 1. The molecule has 0 aliphatic heterocycles. The highest BCUT2D eigenvalue weighted by Crippen LogP contribution is 2.38. The standard InChI is InChI=1S/C18H21N3O6/c22-18(12-5-1-2-6-12)27-19-16-8-4-3-7-14(16)15-10-9-13(20(23)24)11-17(15)21(25)26/h9-12,14H,1-8H2/b19-16-. The molecule has 0 radical (unpaired) electrons. The van der Waals surface area contributed by atoms with Crippen molar-refractivity contribution in [2.24, 2.45) is 11.1 Å². The van der Waals surface area contributed by atoms with Gasteiger partial charge in [0, 0.05) is 17.5 Å². The molecule has 9 heteroatoms. The van der Waals surface area contributed by atoms with Crippen molar-refractivity contribution in [3.8, 4) is 0 Å². The number of benzene rings is 1. The Labute approximate surface area is 155 Å². The monoisotopic (exact) mass is 375 g/mol. The smallest absolute Gasteiger partial charge is 0.318 e. The van der Waals surface area contributed by atoms with Gasteiger partial charge in [-0.2, -0.15) is 0 Å². The van der Waals surface area contributed by atoms with Gasteiger partial charge in [-0.15, -0.1) is 0 Å². The Bertz CT molecular complexity index is 785. The first-order valence-corrected chi connectivity index (χ1v) is 9.17. The van der Waals surface area contributed by atoms with Crippen molar-refractivity contribution in [2.75, 3.05) is 0 Å². The summed E-state index contributed by atoms with van der Waals surface area (Å²) in [5, 5.41) is 26.4. The maximum atomic E-state index is 12.1. The highest BCUT2D eigenvalue weighted by Gasteiger charge is 2.31.